The van der Waals surface area contributed by atoms with Crippen LogP contribution >= 0.6 is 0 Å². The van der Waals surface area contributed by atoms with E-state index in [-0.39, 0.29) is 29.5 Å². The lowest BCUT2D eigenvalue weighted by Crippen LogP contribution is -2.21. The van der Waals surface area contributed by atoms with Crippen molar-refractivity contribution in [2.45, 2.75) is 6.92 Å². The number of anilines is 2. The molecular formula is C25H23N3O8. The number of amides is 2. The van der Waals surface area contributed by atoms with Crippen LogP contribution in [0.1, 0.15) is 15.9 Å². The molecule has 36 heavy (non-hydrogen) atoms. The Morgan fingerprint density at radius 3 is 2.31 bits per heavy atom. The largest absolute Gasteiger partial charge is 0.497 e. The zero-order valence-corrected chi connectivity index (χ0v) is 19.5. The lowest BCUT2D eigenvalue weighted by molar-refractivity contribution is -0.384. The van der Waals surface area contributed by atoms with Gasteiger partial charge >= 0.3 is 5.97 Å². The second-order valence-corrected chi connectivity index (χ2v) is 7.47. The number of nitrogens with one attached hydrogen (secondary N) is 2. The number of carbonyl (C=O) groups is 3. The molecule has 0 aliphatic carbocycles. The molecule has 186 valence electrons. The summed E-state index contributed by atoms with van der Waals surface area (Å²) in [5.74, 6) is -0.812. The fraction of sp³-hybridized carbons (Fsp3) is 0.160. The first kappa shape index (κ1) is 25.7. The summed E-state index contributed by atoms with van der Waals surface area (Å²) in [4.78, 5) is 46.8. The van der Waals surface area contributed by atoms with Gasteiger partial charge in [-0.15, -0.1) is 0 Å². The number of nitro groups is 1. The van der Waals surface area contributed by atoms with E-state index in [1.807, 2.05) is 0 Å². The lowest BCUT2D eigenvalue weighted by Gasteiger charge is -2.10. The summed E-state index contributed by atoms with van der Waals surface area (Å²) < 4.78 is 15.5. The Kier molecular flexibility index (Phi) is 8.54. The molecule has 0 saturated heterocycles. The van der Waals surface area contributed by atoms with Gasteiger partial charge in [-0.1, -0.05) is 12.1 Å². The normalized spacial score (nSPS) is 10.2. The van der Waals surface area contributed by atoms with Crippen molar-refractivity contribution in [3.63, 3.8) is 0 Å². The van der Waals surface area contributed by atoms with E-state index < -0.39 is 23.4 Å². The number of non-ortho nitro benzene ring substituents is 1. The van der Waals surface area contributed by atoms with Crippen molar-refractivity contribution >= 4 is 34.8 Å². The van der Waals surface area contributed by atoms with Gasteiger partial charge in [-0.05, 0) is 48.9 Å². The van der Waals surface area contributed by atoms with Crippen LogP contribution in [-0.4, -0.2) is 43.0 Å². The topological polar surface area (TPSA) is 146 Å². The Morgan fingerprint density at radius 1 is 0.889 bits per heavy atom. The van der Waals surface area contributed by atoms with Crippen molar-refractivity contribution < 1.29 is 33.5 Å². The van der Waals surface area contributed by atoms with Gasteiger partial charge in [0, 0.05) is 23.9 Å². The number of hydrogen-bond acceptors (Lipinski definition) is 8. The maximum Gasteiger partial charge on any atom is 0.338 e. The smallest absolute Gasteiger partial charge is 0.338 e. The maximum atomic E-state index is 12.2. The number of benzene rings is 3. The van der Waals surface area contributed by atoms with Gasteiger partial charge in [0.2, 0.25) is 0 Å². The molecule has 11 nitrogen and oxygen atoms in total. The van der Waals surface area contributed by atoms with Crippen LogP contribution in [0, 0.1) is 17.0 Å². The molecule has 0 unspecified atom stereocenters. The van der Waals surface area contributed by atoms with E-state index in [2.05, 4.69) is 10.6 Å². The molecule has 0 bridgehead atoms. The number of nitrogens with zero attached hydrogens (tertiary/aromatic N) is 1. The van der Waals surface area contributed by atoms with E-state index in [0.29, 0.717) is 22.7 Å². The van der Waals surface area contributed by atoms with Gasteiger partial charge in [0.15, 0.2) is 13.2 Å². The highest BCUT2D eigenvalue weighted by atomic mass is 16.6. The number of esters is 1. The van der Waals surface area contributed by atoms with Gasteiger partial charge in [0.05, 0.1) is 23.3 Å². The third-order valence-corrected chi connectivity index (χ3v) is 4.85. The molecule has 0 aromatic heterocycles. The van der Waals surface area contributed by atoms with E-state index >= 15 is 0 Å². The SMILES string of the molecule is COc1cccc(NC(=O)COc2ccc(C(=O)OCC(=O)Nc3cc([N+](=O)[O-])ccc3C)cc2)c1. The van der Waals surface area contributed by atoms with Gasteiger partial charge in [-0.3, -0.25) is 19.7 Å². The molecule has 11 heteroatoms. The highest BCUT2D eigenvalue weighted by Gasteiger charge is 2.14. The summed E-state index contributed by atoms with van der Waals surface area (Å²) in [7, 11) is 1.53. The predicted octanol–water partition coefficient (Wildman–Crippen LogP) is 3.72. The van der Waals surface area contributed by atoms with E-state index in [4.69, 9.17) is 14.2 Å². The minimum atomic E-state index is -0.747. The maximum absolute atomic E-state index is 12.2. The Bertz CT molecular complexity index is 1270. The molecule has 0 spiro atoms. The monoisotopic (exact) mass is 493 g/mol. The molecule has 0 aliphatic heterocycles. The number of rotatable bonds is 10. The van der Waals surface area contributed by atoms with Crippen LogP contribution in [0.25, 0.3) is 0 Å². The van der Waals surface area contributed by atoms with Crippen LogP contribution in [0.15, 0.2) is 66.7 Å². The Balaban J connectivity index is 1.46. The minimum Gasteiger partial charge on any atom is -0.497 e. The quantitative estimate of drug-likeness (QED) is 0.247. The second kappa shape index (κ2) is 12.0. The average Bonchev–Trinajstić information content (AvgIpc) is 2.87. The fourth-order valence-electron chi connectivity index (χ4n) is 2.99. The molecule has 0 fully saturated rings. The molecule has 0 aliphatic rings. The summed E-state index contributed by atoms with van der Waals surface area (Å²) in [5.41, 5.74) is 1.43. The van der Waals surface area contributed by atoms with Crippen LogP contribution in [-0.2, 0) is 14.3 Å². The van der Waals surface area contributed by atoms with Gasteiger partial charge in [-0.2, -0.15) is 0 Å². The third kappa shape index (κ3) is 7.29. The standard InChI is InChI=1S/C25H23N3O8/c1-16-6-9-19(28(32)33)13-22(16)27-24(30)15-36-25(31)17-7-10-20(11-8-17)35-14-23(29)26-18-4-3-5-21(12-18)34-2/h3-13H,14-15H2,1-2H3,(H,26,29)(H,27,30). The van der Waals surface area contributed by atoms with Gasteiger partial charge in [0.1, 0.15) is 11.5 Å². The molecule has 0 saturated carbocycles. The van der Waals surface area contributed by atoms with Gasteiger partial charge < -0.3 is 24.8 Å². The number of aryl methyl sites for hydroxylation is 1. The zero-order valence-electron chi connectivity index (χ0n) is 19.5. The Hall–Kier alpha value is -4.93. The lowest BCUT2D eigenvalue weighted by atomic mass is 10.2. The average molecular weight is 493 g/mol. The second-order valence-electron chi connectivity index (χ2n) is 7.47. The van der Waals surface area contributed by atoms with E-state index in [1.54, 1.807) is 31.2 Å². The minimum absolute atomic E-state index is 0.169. The molecule has 3 aromatic carbocycles. The number of hydrogen-bond donors (Lipinski definition) is 2. The number of nitro benzene ring substituents is 1. The molecule has 3 aromatic rings. The van der Waals surface area contributed by atoms with Crippen LogP contribution in [0.5, 0.6) is 11.5 Å². The fourth-order valence-corrected chi connectivity index (χ4v) is 2.99. The van der Waals surface area contributed by atoms with E-state index in [0.717, 1.165) is 0 Å². The number of carbonyl (C=O) groups excluding carboxylic acids is 3. The van der Waals surface area contributed by atoms with Crippen molar-refractivity contribution in [2.75, 3.05) is 31.0 Å². The van der Waals surface area contributed by atoms with Gasteiger partial charge in [0.25, 0.3) is 17.5 Å². The van der Waals surface area contributed by atoms with E-state index in [1.165, 1.54) is 49.6 Å². The molecule has 0 atom stereocenters. The summed E-state index contributed by atoms with van der Waals surface area (Å²) >= 11 is 0. The molecule has 0 heterocycles. The predicted molar refractivity (Wildman–Crippen MR) is 130 cm³/mol. The van der Waals surface area contributed by atoms with Gasteiger partial charge in [-0.25, -0.2) is 4.79 Å². The highest BCUT2D eigenvalue weighted by Crippen LogP contribution is 2.22. The summed E-state index contributed by atoms with van der Waals surface area (Å²) in [6, 6.07) is 16.8. The van der Waals surface area contributed by atoms with Crippen molar-refractivity contribution in [1.82, 2.24) is 0 Å². The molecule has 3 rings (SSSR count). The van der Waals surface area contributed by atoms with E-state index in [9.17, 15) is 24.5 Å². The molecule has 2 amide bonds. The first-order valence-corrected chi connectivity index (χ1v) is 10.6. The summed E-state index contributed by atoms with van der Waals surface area (Å²) in [6.45, 7) is 0.847. The first-order chi connectivity index (χ1) is 17.2. The summed E-state index contributed by atoms with van der Waals surface area (Å²) in [5, 5.41) is 16.1. The van der Waals surface area contributed by atoms with Crippen LogP contribution < -0.4 is 20.1 Å². The number of methoxy groups -OCH3 is 1. The van der Waals surface area contributed by atoms with Crippen LogP contribution in [0.2, 0.25) is 0 Å². The highest BCUT2D eigenvalue weighted by molar-refractivity contribution is 5.96. The third-order valence-electron chi connectivity index (χ3n) is 4.85. The Labute approximate surface area is 206 Å². The molecule has 2 N–H and O–H groups in total. The zero-order chi connectivity index (χ0) is 26.1. The van der Waals surface area contributed by atoms with Crippen molar-refractivity contribution in [3.8, 4) is 11.5 Å². The van der Waals surface area contributed by atoms with Crippen LogP contribution in [0.4, 0.5) is 17.1 Å². The Morgan fingerprint density at radius 2 is 1.61 bits per heavy atom. The number of ether oxygens (including phenoxy) is 3. The van der Waals surface area contributed by atoms with Crippen LogP contribution in [0.3, 0.4) is 0 Å². The van der Waals surface area contributed by atoms with Crippen molar-refractivity contribution in [2.24, 2.45) is 0 Å². The first-order valence-electron chi connectivity index (χ1n) is 10.6. The molecular weight excluding hydrogens is 470 g/mol. The van der Waals surface area contributed by atoms with Crippen molar-refractivity contribution in [3.05, 3.63) is 88.0 Å². The molecule has 0 radical (unpaired) electrons. The van der Waals surface area contributed by atoms with Crippen molar-refractivity contribution in [1.29, 1.82) is 0 Å². The summed E-state index contributed by atoms with van der Waals surface area (Å²) in [6.07, 6.45) is 0.